The molecule has 0 fully saturated rings. The molecule has 0 spiro atoms. The van der Waals surface area contributed by atoms with E-state index in [0.29, 0.717) is 0 Å². The summed E-state index contributed by atoms with van der Waals surface area (Å²) in [6, 6.07) is 0. The minimum atomic E-state index is 0. The molecule has 28 valence electrons. The van der Waals surface area contributed by atoms with E-state index in [1.54, 1.807) is 32.5 Å². The normalized spacial score (nSPS) is 2.40. The molecule has 5 heteroatoms. The van der Waals surface area contributed by atoms with E-state index in [9.17, 15) is 0 Å². The molecule has 0 bridgehead atoms. The van der Waals surface area contributed by atoms with Crippen LogP contribution in [0.15, 0.2) is 0 Å². The molecule has 0 aliphatic heterocycles. The van der Waals surface area contributed by atoms with Crippen LogP contribution in [0.3, 0.4) is 0 Å². The fraction of sp³-hybridized carbons (Fsp3) is 0. The fourth-order valence-electron chi connectivity index (χ4n) is 0. The van der Waals surface area contributed by atoms with Crippen molar-refractivity contribution in [3.63, 3.8) is 0 Å². The second-order valence-corrected chi connectivity index (χ2v) is 0. The first-order valence-electron chi connectivity index (χ1n) is 0.309. The van der Waals surface area contributed by atoms with Crippen LogP contribution in [0.2, 0.25) is 0 Å². The molecular formula is Br2MgO2. The van der Waals surface area contributed by atoms with E-state index >= 15 is 0 Å². The standard InChI is InChI=1S/2BrO.Mg/c2*1-2;/q2*-1;+2. The molecule has 0 aromatic rings. The molecule has 2 nitrogen and oxygen atoms in total. The smallest absolute Gasteiger partial charge is 0.791 e. The molecule has 0 N–H and O–H groups in total. The monoisotopic (exact) mass is 214 g/mol. The van der Waals surface area contributed by atoms with Gasteiger partial charge in [0.2, 0.25) is 0 Å². The second-order valence-electron chi connectivity index (χ2n) is 0. The van der Waals surface area contributed by atoms with Gasteiger partial charge in [-0.15, -0.1) is 0 Å². The molecule has 0 atom stereocenters. The van der Waals surface area contributed by atoms with Gasteiger partial charge in [0.25, 0.3) is 0 Å². The summed E-state index contributed by atoms with van der Waals surface area (Å²) in [5.74, 6) is 0. The third kappa shape index (κ3) is 27.7. The fourth-order valence-corrected chi connectivity index (χ4v) is 0. The molecule has 0 aromatic carbocycles. The van der Waals surface area contributed by atoms with Crippen LogP contribution in [0.4, 0.5) is 0 Å². The summed E-state index contributed by atoms with van der Waals surface area (Å²) in [6.45, 7) is 0. The molecule has 0 aliphatic rings. The van der Waals surface area contributed by atoms with E-state index in [1.165, 1.54) is 0 Å². The van der Waals surface area contributed by atoms with Gasteiger partial charge in [0.1, 0.15) is 0 Å². The number of hydrogen-bond donors (Lipinski definition) is 0. The zero-order valence-corrected chi connectivity index (χ0v) is 6.87. The summed E-state index contributed by atoms with van der Waals surface area (Å²) in [6.07, 6.45) is 0. The molecule has 0 amide bonds. The molecule has 0 unspecified atom stereocenters. The zero-order valence-electron chi connectivity index (χ0n) is 2.28. The molecule has 0 rings (SSSR count). The molecule has 0 aliphatic carbocycles. The summed E-state index contributed by atoms with van der Waals surface area (Å²) in [5, 5.41) is 0. The Morgan fingerprint density at radius 2 is 0.800 bits per heavy atom. The van der Waals surface area contributed by atoms with E-state index in [1.807, 2.05) is 0 Å². The Morgan fingerprint density at radius 1 is 0.800 bits per heavy atom. The van der Waals surface area contributed by atoms with Crippen LogP contribution in [0.1, 0.15) is 0 Å². The Bertz CT molecular complexity index is 7.61. The molecule has 0 saturated heterocycles. The van der Waals surface area contributed by atoms with Gasteiger partial charge in [-0.2, -0.15) is 0 Å². The van der Waals surface area contributed by atoms with E-state index in [-0.39, 0.29) is 23.1 Å². The van der Waals surface area contributed by atoms with Crippen molar-refractivity contribution in [3.8, 4) is 0 Å². The third-order valence-electron chi connectivity index (χ3n) is 0. The average Bonchev–Trinajstić information content (AvgIpc) is 1.50. The van der Waals surface area contributed by atoms with Crippen molar-refractivity contribution >= 4 is 55.6 Å². The summed E-state index contributed by atoms with van der Waals surface area (Å²) >= 11 is 3.38. The average molecular weight is 216 g/mol. The summed E-state index contributed by atoms with van der Waals surface area (Å²) < 4.78 is 16.1. The molecule has 0 heterocycles. The number of hydrogen-bond acceptors (Lipinski definition) is 2. The summed E-state index contributed by atoms with van der Waals surface area (Å²) in [4.78, 5) is 0. The Labute approximate surface area is 63.6 Å². The van der Waals surface area contributed by atoms with Gasteiger partial charge in [0, 0.05) is 0 Å². The maximum absolute atomic E-state index is 8.06. The summed E-state index contributed by atoms with van der Waals surface area (Å²) in [7, 11) is 0. The Hall–Kier alpha value is 1.65. The maximum atomic E-state index is 8.06. The van der Waals surface area contributed by atoms with Gasteiger partial charge in [-0.25, -0.2) is 32.5 Å². The van der Waals surface area contributed by atoms with Crippen molar-refractivity contribution in [1.29, 1.82) is 0 Å². The van der Waals surface area contributed by atoms with Crippen LogP contribution in [-0.4, -0.2) is 23.1 Å². The topological polar surface area (TPSA) is 46.1 Å². The van der Waals surface area contributed by atoms with Gasteiger partial charge in [-0.05, 0) is 0 Å². The van der Waals surface area contributed by atoms with Gasteiger partial charge < -0.3 is 8.40 Å². The number of halogens is 2. The van der Waals surface area contributed by atoms with Crippen molar-refractivity contribution in [2.45, 2.75) is 0 Å². The van der Waals surface area contributed by atoms with Crippen LogP contribution in [0, 0.1) is 0 Å². The largest absolute Gasteiger partial charge is 2.00 e. The van der Waals surface area contributed by atoms with Gasteiger partial charge in [-0.1, -0.05) is 0 Å². The van der Waals surface area contributed by atoms with Crippen molar-refractivity contribution in [1.82, 2.24) is 0 Å². The van der Waals surface area contributed by atoms with E-state index in [0.717, 1.165) is 0 Å². The first-order chi connectivity index (χ1) is 2.00. The maximum Gasteiger partial charge on any atom is 2.00 e. The Balaban J connectivity index is -0.0000000133. The minimum Gasteiger partial charge on any atom is -0.791 e. The summed E-state index contributed by atoms with van der Waals surface area (Å²) in [5.41, 5.74) is 0. The first kappa shape index (κ1) is 15.9. The second kappa shape index (κ2) is 45.0. The molecule has 0 saturated carbocycles. The van der Waals surface area contributed by atoms with Crippen molar-refractivity contribution in [2.75, 3.05) is 0 Å². The van der Waals surface area contributed by atoms with Crippen molar-refractivity contribution in [3.05, 3.63) is 0 Å². The Morgan fingerprint density at radius 3 is 0.800 bits per heavy atom. The predicted octanol–water partition coefficient (Wildman–Crippen LogP) is -1.07. The molecule has 5 heavy (non-hydrogen) atoms. The molecular weight excluding hydrogens is 216 g/mol. The van der Waals surface area contributed by atoms with E-state index in [2.05, 4.69) is 0 Å². The van der Waals surface area contributed by atoms with Crippen LogP contribution in [0.25, 0.3) is 0 Å². The van der Waals surface area contributed by atoms with Crippen LogP contribution in [-0.2, 0) is 0 Å². The van der Waals surface area contributed by atoms with E-state index in [4.69, 9.17) is 8.40 Å². The van der Waals surface area contributed by atoms with Crippen molar-refractivity contribution < 1.29 is 8.40 Å². The van der Waals surface area contributed by atoms with Crippen LogP contribution >= 0.6 is 32.5 Å². The van der Waals surface area contributed by atoms with Gasteiger partial charge in [0.05, 0.1) is 0 Å². The quantitative estimate of drug-likeness (QED) is 0.484. The molecule has 0 radical (unpaired) electrons. The Kier molecular flexibility index (Phi) is 143. The predicted molar refractivity (Wildman–Crippen MR) is 23.6 cm³/mol. The van der Waals surface area contributed by atoms with Crippen molar-refractivity contribution in [2.24, 2.45) is 0 Å². The third-order valence-corrected chi connectivity index (χ3v) is 0. The number of rotatable bonds is 0. The van der Waals surface area contributed by atoms with Crippen LogP contribution < -0.4 is 8.40 Å². The first-order valence-corrected chi connectivity index (χ1v) is 1.60. The van der Waals surface area contributed by atoms with Gasteiger partial charge in [-0.3, -0.25) is 0 Å². The van der Waals surface area contributed by atoms with Gasteiger partial charge >= 0.3 is 23.1 Å². The SMILES string of the molecule is [Mg+2].[O-]Br.[O-]Br. The van der Waals surface area contributed by atoms with Gasteiger partial charge in [0.15, 0.2) is 0 Å². The molecule has 0 aromatic heterocycles. The van der Waals surface area contributed by atoms with E-state index < -0.39 is 0 Å². The zero-order chi connectivity index (χ0) is 4.00. The van der Waals surface area contributed by atoms with Crippen LogP contribution in [0.5, 0.6) is 0 Å². The minimum absolute atomic E-state index is 0.